The molecule has 0 heterocycles. The Morgan fingerprint density at radius 2 is 1.39 bits per heavy atom. The van der Waals surface area contributed by atoms with Gasteiger partial charge in [0.2, 0.25) is 0 Å². The summed E-state index contributed by atoms with van der Waals surface area (Å²) < 4.78 is 0. The first-order valence-corrected chi connectivity index (χ1v) is 7.04. The Kier molecular flexibility index (Phi) is 5.19. The molecule has 1 atom stereocenters. The molecule has 0 aliphatic carbocycles. The summed E-state index contributed by atoms with van der Waals surface area (Å²) in [6.45, 7) is 2.21. The van der Waals surface area contributed by atoms with Gasteiger partial charge < -0.3 is 20.4 Å². The van der Waals surface area contributed by atoms with Gasteiger partial charge >= 0.3 is 0 Å². The molecule has 0 spiro atoms. The quantitative estimate of drug-likeness (QED) is 0.502. The van der Waals surface area contributed by atoms with E-state index >= 15 is 0 Å². The number of rotatable bonds is 5. The Labute approximate surface area is 133 Å². The van der Waals surface area contributed by atoms with Crippen LogP contribution in [0.2, 0.25) is 0 Å². The molecule has 0 aromatic heterocycles. The van der Waals surface area contributed by atoms with E-state index in [9.17, 15) is 20.4 Å². The number of phenols is 4. The molecule has 0 fully saturated rings. The first-order valence-electron chi connectivity index (χ1n) is 7.04. The van der Waals surface area contributed by atoms with Crippen LogP contribution in [0, 0.1) is 0 Å². The number of aliphatic imine (C=N–C) groups is 2. The molecule has 2 aromatic carbocycles. The van der Waals surface area contributed by atoms with Crippen LogP contribution in [0.3, 0.4) is 0 Å². The molecule has 23 heavy (non-hydrogen) atoms. The highest BCUT2D eigenvalue weighted by molar-refractivity contribution is 5.85. The summed E-state index contributed by atoms with van der Waals surface area (Å²) in [5.74, 6) is -0.813. The number of benzene rings is 2. The Bertz CT molecular complexity index is 741. The van der Waals surface area contributed by atoms with Crippen LogP contribution in [0.25, 0.3) is 0 Å². The molecule has 0 saturated heterocycles. The maximum atomic E-state index is 9.67. The molecular formula is C17H18N2O4. The fourth-order valence-corrected chi connectivity index (χ4v) is 1.86. The van der Waals surface area contributed by atoms with Gasteiger partial charge in [-0.05, 0) is 31.2 Å². The van der Waals surface area contributed by atoms with Gasteiger partial charge in [-0.2, -0.15) is 0 Å². The average molecular weight is 314 g/mol. The van der Waals surface area contributed by atoms with Gasteiger partial charge in [0.15, 0.2) is 23.0 Å². The molecule has 0 aliphatic rings. The van der Waals surface area contributed by atoms with Crippen molar-refractivity contribution in [3.63, 3.8) is 0 Å². The van der Waals surface area contributed by atoms with E-state index in [1.165, 1.54) is 24.6 Å². The van der Waals surface area contributed by atoms with E-state index in [0.29, 0.717) is 17.7 Å². The van der Waals surface area contributed by atoms with Gasteiger partial charge in [0.05, 0.1) is 12.6 Å². The fourth-order valence-electron chi connectivity index (χ4n) is 1.86. The van der Waals surface area contributed by atoms with Crippen molar-refractivity contribution in [2.45, 2.75) is 13.0 Å². The minimum Gasteiger partial charge on any atom is -0.504 e. The maximum Gasteiger partial charge on any atom is 0.166 e. The topological polar surface area (TPSA) is 106 Å². The number of hydrogen-bond donors (Lipinski definition) is 4. The van der Waals surface area contributed by atoms with E-state index in [4.69, 9.17) is 0 Å². The van der Waals surface area contributed by atoms with Gasteiger partial charge in [0, 0.05) is 23.6 Å². The predicted octanol–water partition coefficient (Wildman–Crippen LogP) is 2.44. The van der Waals surface area contributed by atoms with E-state index in [0.717, 1.165) is 0 Å². The normalized spacial score (nSPS) is 12.9. The van der Waals surface area contributed by atoms with Crippen molar-refractivity contribution in [1.82, 2.24) is 0 Å². The van der Waals surface area contributed by atoms with Crippen LogP contribution in [0.1, 0.15) is 18.1 Å². The van der Waals surface area contributed by atoms with Crippen molar-refractivity contribution in [2.24, 2.45) is 9.98 Å². The van der Waals surface area contributed by atoms with Gasteiger partial charge in [0.25, 0.3) is 0 Å². The first kappa shape index (κ1) is 16.4. The van der Waals surface area contributed by atoms with Crippen molar-refractivity contribution in [2.75, 3.05) is 6.54 Å². The predicted molar refractivity (Wildman–Crippen MR) is 89.1 cm³/mol. The molecule has 0 amide bonds. The van der Waals surface area contributed by atoms with Gasteiger partial charge in [-0.25, -0.2) is 0 Å². The van der Waals surface area contributed by atoms with E-state index in [1.807, 2.05) is 6.92 Å². The zero-order valence-electron chi connectivity index (χ0n) is 12.6. The van der Waals surface area contributed by atoms with Gasteiger partial charge in [-0.3, -0.25) is 9.98 Å². The third kappa shape index (κ3) is 4.23. The minimum atomic E-state index is -0.211. The number of phenolic OH excluding ortho intramolecular Hbond substituents is 4. The number of hydrogen-bond acceptors (Lipinski definition) is 6. The molecule has 0 aliphatic heterocycles. The first-order chi connectivity index (χ1) is 11.0. The van der Waals surface area contributed by atoms with Crippen molar-refractivity contribution in [3.8, 4) is 23.0 Å². The monoisotopic (exact) mass is 314 g/mol. The van der Waals surface area contributed by atoms with Crippen molar-refractivity contribution >= 4 is 12.4 Å². The lowest BCUT2D eigenvalue weighted by Gasteiger charge is -2.04. The molecule has 6 nitrogen and oxygen atoms in total. The van der Waals surface area contributed by atoms with Gasteiger partial charge in [0.1, 0.15) is 0 Å². The summed E-state index contributed by atoms with van der Waals surface area (Å²) in [4.78, 5) is 8.42. The molecule has 1 unspecified atom stereocenters. The second kappa shape index (κ2) is 7.31. The standard InChI is InChI=1S/C17H18N2O4/c1-11(19-10-13-5-3-7-15(21)17(13)23)8-18-9-12-4-2-6-14(20)16(12)22/h2-7,9-11,20-23H,8H2,1H3. The largest absolute Gasteiger partial charge is 0.504 e. The highest BCUT2D eigenvalue weighted by atomic mass is 16.3. The Morgan fingerprint density at radius 1 is 0.870 bits per heavy atom. The van der Waals surface area contributed by atoms with Gasteiger partial charge in [-0.1, -0.05) is 12.1 Å². The molecule has 0 bridgehead atoms. The van der Waals surface area contributed by atoms with E-state index < -0.39 is 0 Å². The zero-order valence-corrected chi connectivity index (χ0v) is 12.6. The summed E-state index contributed by atoms with van der Waals surface area (Å²) in [5, 5.41) is 38.1. The number of para-hydroxylation sites is 2. The average Bonchev–Trinajstić information content (AvgIpc) is 2.53. The smallest absolute Gasteiger partial charge is 0.166 e. The summed E-state index contributed by atoms with van der Waals surface area (Å²) in [7, 11) is 0. The van der Waals surface area contributed by atoms with E-state index in [1.54, 1.807) is 24.3 Å². The molecule has 120 valence electrons. The van der Waals surface area contributed by atoms with Crippen LogP contribution in [0.15, 0.2) is 46.4 Å². The van der Waals surface area contributed by atoms with Crippen LogP contribution in [0.4, 0.5) is 0 Å². The van der Waals surface area contributed by atoms with Crippen molar-refractivity contribution < 1.29 is 20.4 Å². The maximum absolute atomic E-state index is 9.67. The Balaban J connectivity index is 1.98. The second-order valence-electron chi connectivity index (χ2n) is 5.05. The lowest BCUT2D eigenvalue weighted by molar-refractivity contribution is 0.403. The third-order valence-corrected chi connectivity index (χ3v) is 3.16. The second-order valence-corrected chi connectivity index (χ2v) is 5.05. The molecular weight excluding hydrogens is 296 g/mol. The van der Waals surface area contributed by atoms with Crippen LogP contribution in [0.5, 0.6) is 23.0 Å². The van der Waals surface area contributed by atoms with Crippen molar-refractivity contribution in [3.05, 3.63) is 47.5 Å². The highest BCUT2D eigenvalue weighted by Gasteiger charge is 2.05. The lowest BCUT2D eigenvalue weighted by atomic mass is 10.2. The molecule has 2 aromatic rings. The van der Waals surface area contributed by atoms with Gasteiger partial charge in [-0.15, -0.1) is 0 Å². The Hall–Kier alpha value is -3.02. The lowest BCUT2D eigenvalue weighted by Crippen LogP contribution is -2.04. The zero-order chi connectivity index (χ0) is 16.8. The van der Waals surface area contributed by atoms with E-state index in [2.05, 4.69) is 9.98 Å². The van der Waals surface area contributed by atoms with Crippen LogP contribution in [-0.4, -0.2) is 45.4 Å². The summed E-state index contributed by atoms with van der Waals surface area (Å²) in [6, 6.07) is 9.12. The van der Waals surface area contributed by atoms with Crippen molar-refractivity contribution in [1.29, 1.82) is 0 Å². The number of nitrogens with zero attached hydrogens (tertiary/aromatic N) is 2. The Morgan fingerprint density at radius 3 is 1.96 bits per heavy atom. The third-order valence-electron chi connectivity index (χ3n) is 3.16. The van der Waals surface area contributed by atoms with Crippen LogP contribution in [-0.2, 0) is 0 Å². The SMILES string of the molecule is CC(CN=Cc1cccc(O)c1O)N=Cc1cccc(O)c1O. The van der Waals surface area contributed by atoms with Crippen LogP contribution < -0.4 is 0 Å². The molecule has 2 rings (SSSR count). The molecule has 0 saturated carbocycles. The number of aromatic hydroxyl groups is 4. The summed E-state index contributed by atoms with van der Waals surface area (Å²) >= 11 is 0. The summed E-state index contributed by atoms with van der Waals surface area (Å²) in [6.07, 6.45) is 2.94. The molecule has 6 heteroatoms. The highest BCUT2D eigenvalue weighted by Crippen LogP contribution is 2.27. The van der Waals surface area contributed by atoms with Crippen LogP contribution >= 0.6 is 0 Å². The fraction of sp³-hybridized carbons (Fsp3) is 0.176. The molecule has 4 N–H and O–H groups in total. The van der Waals surface area contributed by atoms with E-state index in [-0.39, 0.29) is 29.0 Å². The summed E-state index contributed by atoms with van der Waals surface area (Å²) in [5.41, 5.74) is 0.846. The molecule has 0 radical (unpaired) electrons. The minimum absolute atomic E-state index is 0.160.